The number of piperazine rings is 1. The normalized spacial score (nSPS) is 21.9. The van der Waals surface area contributed by atoms with Gasteiger partial charge in [0, 0.05) is 10.2 Å². The van der Waals surface area contributed by atoms with Crippen molar-refractivity contribution in [1.82, 2.24) is 5.32 Å². The van der Waals surface area contributed by atoms with Gasteiger partial charge in [-0.05, 0) is 51.0 Å². The Bertz CT molecular complexity index is 549. The van der Waals surface area contributed by atoms with E-state index in [1.54, 1.807) is 18.7 Å². The summed E-state index contributed by atoms with van der Waals surface area (Å²) >= 11 is 3.45. The first-order chi connectivity index (χ1) is 9.26. The molecule has 1 fully saturated rings. The molecule has 4 nitrogen and oxygen atoms in total. The molecule has 1 atom stereocenters. The van der Waals surface area contributed by atoms with Gasteiger partial charge in [-0.25, -0.2) is 0 Å². The van der Waals surface area contributed by atoms with Crippen molar-refractivity contribution >= 4 is 33.4 Å². The Balaban J connectivity index is 2.53. The molecule has 1 unspecified atom stereocenters. The standard InChI is InChI=1S/C15H19BrN2O2/c1-5-12-13(19)17-15(3,4)14(20)18(12)11-7-9(2)6-10(16)8-11/h6-8,12H,5H2,1-4H3,(H,17,19). The van der Waals surface area contributed by atoms with E-state index in [0.717, 1.165) is 15.7 Å². The van der Waals surface area contributed by atoms with E-state index in [-0.39, 0.29) is 11.8 Å². The van der Waals surface area contributed by atoms with Crippen molar-refractivity contribution in [3.63, 3.8) is 0 Å². The lowest BCUT2D eigenvalue weighted by atomic mass is 9.95. The zero-order valence-electron chi connectivity index (χ0n) is 12.2. The maximum absolute atomic E-state index is 12.7. The number of halogens is 1. The molecule has 20 heavy (non-hydrogen) atoms. The second-order valence-electron chi connectivity index (χ2n) is 5.70. The summed E-state index contributed by atoms with van der Waals surface area (Å²) < 4.78 is 0.902. The third kappa shape index (κ3) is 2.59. The molecule has 0 radical (unpaired) electrons. The fourth-order valence-electron chi connectivity index (χ4n) is 2.53. The summed E-state index contributed by atoms with van der Waals surface area (Å²) in [6.07, 6.45) is 0.583. The van der Waals surface area contributed by atoms with Gasteiger partial charge in [0.25, 0.3) is 5.91 Å². The smallest absolute Gasteiger partial charge is 0.252 e. The second-order valence-corrected chi connectivity index (χ2v) is 6.62. The molecule has 0 saturated carbocycles. The van der Waals surface area contributed by atoms with Gasteiger partial charge in [-0.2, -0.15) is 0 Å². The predicted molar refractivity (Wildman–Crippen MR) is 82.7 cm³/mol. The zero-order valence-corrected chi connectivity index (χ0v) is 13.7. The molecule has 0 bridgehead atoms. The van der Waals surface area contributed by atoms with Crippen LogP contribution < -0.4 is 10.2 Å². The van der Waals surface area contributed by atoms with E-state index in [1.165, 1.54) is 0 Å². The topological polar surface area (TPSA) is 49.4 Å². The average molecular weight is 339 g/mol. The van der Waals surface area contributed by atoms with Gasteiger partial charge in [-0.3, -0.25) is 14.5 Å². The lowest BCUT2D eigenvalue weighted by Gasteiger charge is -2.42. The van der Waals surface area contributed by atoms with Crippen molar-refractivity contribution in [1.29, 1.82) is 0 Å². The molecule has 1 N–H and O–H groups in total. The largest absolute Gasteiger partial charge is 0.340 e. The molecule has 0 aliphatic carbocycles. The molecular weight excluding hydrogens is 320 g/mol. The van der Waals surface area contributed by atoms with E-state index in [9.17, 15) is 9.59 Å². The fourth-order valence-corrected chi connectivity index (χ4v) is 3.12. The maximum Gasteiger partial charge on any atom is 0.252 e. The number of aryl methyl sites for hydroxylation is 1. The SMILES string of the molecule is CCC1C(=O)NC(C)(C)C(=O)N1c1cc(C)cc(Br)c1. The van der Waals surface area contributed by atoms with Crippen LogP contribution in [0, 0.1) is 6.92 Å². The Labute approximate surface area is 127 Å². The highest BCUT2D eigenvalue weighted by atomic mass is 79.9. The number of nitrogens with one attached hydrogen (secondary N) is 1. The van der Waals surface area contributed by atoms with Crippen molar-refractivity contribution in [2.24, 2.45) is 0 Å². The van der Waals surface area contributed by atoms with Gasteiger partial charge in [0.2, 0.25) is 5.91 Å². The second kappa shape index (κ2) is 5.20. The first-order valence-electron chi connectivity index (χ1n) is 6.69. The molecule has 1 aromatic rings. The number of hydrogen-bond donors (Lipinski definition) is 1. The van der Waals surface area contributed by atoms with Gasteiger partial charge in [0.05, 0.1) is 0 Å². The van der Waals surface area contributed by atoms with Crippen molar-refractivity contribution in [2.45, 2.75) is 45.7 Å². The third-order valence-electron chi connectivity index (χ3n) is 3.50. The number of nitrogens with zero attached hydrogens (tertiary/aromatic N) is 1. The molecule has 1 aliphatic heterocycles. The highest BCUT2D eigenvalue weighted by Gasteiger charge is 2.45. The minimum absolute atomic E-state index is 0.0820. The van der Waals surface area contributed by atoms with E-state index >= 15 is 0 Å². The van der Waals surface area contributed by atoms with Crippen molar-refractivity contribution in [2.75, 3.05) is 4.90 Å². The van der Waals surface area contributed by atoms with Crippen LogP contribution in [0.1, 0.15) is 32.8 Å². The van der Waals surface area contributed by atoms with Gasteiger partial charge in [0.15, 0.2) is 0 Å². The van der Waals surface area contributed by atoms with Crippen LogP contribution in [-0.2, 0) is 9.59 Å². The Morgan fingerprint density at radius 3 is 2.50 bits per heavy atom. The lowest BCUT2D eigenvalue weighted by molar-refractivity contribution is -0.137. The Morgan fingerprint density at radius 1 is 1.30 bits per heavy atom. The summed E-state index contributed by atoms with van der Waals surface area (Å²) in [4.78, 5) is 26.5. The molecule has 1 aromatic carbocycles. The Morgan fingerprint density at radius 2 is 1.95 bits per heavy atom. The molecule has 1 aliphatic rings. The first-order valence-corrected chi connectivity index (χ1v) is 7.48. The van der Waals surface area contributed by atoms with Crippen LogP contribution in [0.4, 0.5) is 5.69 Å². The number of carbonyl (C=O) groups is 2. The van der Waals surface area contributed by atoms with Gasteiger partial charge >= 0.3 is 0 Å². The van der Waals surface area contributed by atoms with Crippen LogP contribution in [0.25, 0.3) is 0 Å². The highest BCUT2D eigenvalue weighted by Crippen LogP contribution is 2.29. The monoisotopic (exact) mass is 338 g/mol. The third-order valence-corrected chi connectivity index (χ3v) is 3.95. The van der Waals surface area contributed by atoms with Crippen molar-refractivity contribution < 1.29 is 9.59 Å². The van der Waals surface area contributed by atoms with Crippen LogP contribution >= 0.6 is 15.9 Å². The molecule has 1 saturated heterocycles. The highest BCUT2D eigenvalue weighted by molar-refractivity contribution is 9.10. The van der Waals surface area contributed by atoms with Crippen LogP contribution in [0.2, 0.25) is 0 Å². The van der Waals surface area contributed by atoms with Crippen LogP contribution in [0.3, 0.4) is 0 Å². The number of benzene rings is 1. The fraction of sp³-hybridized carbons (Fsp3) is 0.467. The number of hydrogen-bond acceptors (Lipinski definition) is 2. The maximum atomic E-state index is 12.7. The summed E-state index contributed by atoms with van der Waals surface area (Å²) in [5, 5.41) is 2.79. The van der Waals surface area contributed by atoms with Gasteiger partial charge in [-0.1, -0.05) is 22.9 Å². The van der Waals surface area contributed by atoms with Gasteiger partial charge in [0.1, 0.15) is 11.6 Å². The number of carbonyl (C=O) groups excluding carboxylic acids is 2. The molecule has 0 spiro atoms. The minimum atomic E-state index is -0.876. The summed E-state index contributed by atoms with van der Waals surface area (Å²) in [5.74, 6) is -0.184. The molecule has 5 heteroatoms. The van der Waals surface area contributed by atoms with Gasteiger partial charge in [-0.15, -0.1) is 0 Å². The summed E-state index contributed by atoms with van der Waals surface area (Å²) in [7, 11) is 0. The van der Waals surface area contributed by atoms with Crippen molar-refractivity contribution in [3.8, 4) is 0 Å². The number of anilines is 1. The lowest BCUT2D eigenvalue weighted by Crippen LogP contribution is -2.68. The summed E-state index contributed by atoms with van der Waals surface area (Å²) in [5.41, 5.74) is 0.927. The van der Waals surface area contributed by atoms with E-state index in [1.807, 2.05) is 32.0 Å². The number of rotatable bonds is 2. The summed E-state index contributed by atoms with van der Waals surface area (Å²) in [6.45, 7) is 7.34. The van der Waals surface area contributed by atoms with E-state index in [4.69, 9.17) is 0 Å². The quantitative estimate of drug-likeness (QED) is 0.901. The molecule has 2 rings (SSSR count). The zero-order chi connectivity index (χ0) is 15.1. The molecule has 2 amide bonds. The number of amides is 2. The van der Waals surface area contributed by atoms with E-state index < -0.39 is 11.6 Å². The Hall–Kier alpha value is -1.36. The van der Waals surface area contributed by atoms with Crippen LogP contribution in [0.15, 0.2) is 22.7 Å². The van der Waals surface area contributed by atoms with Crippen molar-refractivity contribution in [3.05, 3.63) is 28.2 Å². The first kappa shape index (κ1) is 15.0. The van der Waals surface area contributed by atoms with E-state index in [0.29, 0.717) is 6.42 Å². The molecule has 0 aromatic heterocycles. The predicted octanol–water partition coefficient (Wildman–Crippen LogP) is 2.78. The molecule has 1 heterocycles. The molecular formula is C15H19BrN2O2. The Kier molecular flexibility index (Phi) is 3.91. The minimum Gasteiger partial charge on any atom is -0.340 e. The van der Waals surface area contributed by atoms with E-state index in [2.05, 4.69) is 21.2 Å². The molecule has 108 valence electrons. The summed E-state index contributed by atoms with van der Waals surface area (Å²) in [6, 6.07) is 5.33. The van der Waals surface area contributed by atoms with Crippen LogP contribution in [0.5, 0.6) is 0 Å². The van der Waals surface area contributed by atoms with Crippen LogP contribution in [-0.4, -0.2) is 23.4 Å². The average Bonchev–Trinajstić information content (AvgIpc) is 2.31. The van der Waals surface area contributed by atoms with Gasteiger partial charge < -0.3 is 5.32 Å².